The average molecular weight is 294 g/mol. The fourth-order valence-corrected chi connectivity index (χ4v) is 3.04. The highest BCUT2D eigenvalue weighted by atomic mass is 19.1. The van der Waals surface area contributed by atoms with Gasteiger partial charge in [-0.3, -0.25) is 4.90 Å². The Morgan fingerprint density at radius 2 is 2.14 bits per heavy atom. The minimum absolute atomic E-state index is 0.288. The molecule has 2 rings (SSSR count). The van der Waals surface area contributed by atoms with E-state index < -0.39 is 0 Å². The van der Waals surface area contributed by atoms with Crippen molar-refractivity contribution < 1.29 is 9.13 Å². The van der Waals surface area contributed by atoms with Gasteiger partial charge in [-0.25, -0.2) is 4.39 Å². The molecule has 1 aliphatic rings. The zero-order valence-corrected chi connectivity index (χ0v) is 13.4. The first-order valence-electron chi connectivity index (χ1n) is 7.81. The van der Waals surface area contributed by atoms with E-state index in [1.54, 1.807) is 0 Å². The van der Waals surface area contributed by atoms with E-state index in [9.17, 15) is 4.39 Å². The van der Waals surface area contributed by atoms with E-state index in [-0.39, 0.29) is 5.82 Å². The molecule has 0 N–H and O–H groups in total. The molecule has 0 radical (unpaired) electrons. The van der Waals surface area contributed by atoms with Crippen LogP contribution < -0.4 is 4.74 Å². The number of methoxy groups -OCH3 is 1. The van der Waals surface area contributed by atoms with Crippen molar-refractivity contribution in [3.63, 3.8) is 0 Å². The largest absolute Gasteiger partial charge is 0.494 e. The second-order valence-corrected chi connectivity index (χ2v) is 6.18. The zero-order chi connectivity index (χ0) is 15.2. The van der Waals surface area contributed by atoms with E-state index >= 15 is 0 Å². The normalized spacial score (nSPS) is 20.0. The molecule has 4 heteroatoms. The van der Waals surface area contributed by atoms with Crippen LogP contribution in [0.5, 0.6) is 5.75 Å². The molecule has 0 aliphatic carbocycles. The molecule has 1 aliphatic heterocycles. The first kappa shape index (κ1) is 16.2. The minimum atomic E-state index is -0.288. The van der Waals surface area contributed by atoms with Crippen molar-refractivity contribution in [2.45, 2.75) is 38.3 Å². The molecule has 1 atom stereocenters. The molecule has 1 saturated heterocycles. The number of ether oxygens (including phenoxy) is 1. The highest BCUT2D eigenvalue weighted by Crippen LogP contribution is 2.24. The Morgan fingerprint density at radius 1 is 1.33 bits per heavy atom. The Bertz CT molecular complexity index is 450. The van der Waals surface area contributed by atoms with Crippen LogP contribution in [0.1, 0.15) is 31.2 Å². The summed E-state index contributed by atoms with van der Waals surface area (Å²) in [5, 5.41) is 0. The molecule has 0 bridgehead atoms. The number of halogens is 1. The lowest BCUT2D eigenvalue weighted by molar-refractivity contribution is 0.124. The molecule has 0 spiro atoms. The van der Waals surface area contributed by atoms with E-state index in [4.69, 9.17) is 4.74 Å². The first-order valence-corrected chi connectivity index (χ1v) is 7.81. The van der Waals surface area contributed by atoms with Crippen molar-refractivity contribution in [2.75, 3.05) is 34.3 Å². The number of piperidine rings is 1. The van der Waals surface area contributed by atoms with Crippen LogP contribution in [-0.2, 0) is 6.54 Å². The second-order valence-electron chi connectivity index (χ2n) is 6.18. The molecule has 1 fully saturated rings. The molecule has 21 heavy (non-hydrogen) atoms. The minimum Gasteiger partial charge on any atom is -0.494 e. The molecule has 0 amide bonds. The Kier molecular flexibility index (Phi) is 6.00. The summed E-state index contributed by atoms with van der Waals surface area (Å²) in [7, 11) is 5.76. The molecule has 0 saturated carbocycles. The highest BCUT2D eigenvalue weighted by molar-refractivity contribution is 5.30. The third-order valence-electron chi connectivity index (χ3n) is 4.26. The van der Waals surface area contributed by atoms with Gasteiger partial charge in [0.1, 0.15) is 0 Å². The molecular formula is C17H27FN2O. The van der Waals surface area contributed by atoms with Crippen LogP contribution in [-0.4, -0.2) is 50.1 Å². The smallest absolute Gasteiger partial charge is 0.165 e. The van der Waals surface area contributed by atoms with Gasteiger partial charge in [0.15, 0.2) is 11.6 Å². The number of rotatable bonds is 6. The van der Waals surface area contributed by atoms with Gasteiger partial charge in [-0.05, 0) is 64.1 Å². The van der Waals surface area contributed by atoms with Gasteiger partial charge in [0.25, 0.3) is 0 Å². The Morgan fingerprint density at radius 3 is 2.86 bits per heavy atom. The van der Waals surface area contributed by atoms with Gasteiger partial charge in [-0.2, -0.15) is 0 Å². The number of hydrogen-bond donors (Lipinski definition) is 0. The summed E-state index contributed by atoms with van der Waals surface area (Å²) in [6, 6.07) is 5.84. The predicted molar refractivity (Wildman–Crippen MR) is 84.2 cm³/mol. The van der Waals surface area contributed by atoms with Crippen LogP contribution in [0.3, 0.4) is 0 Å². The lowest BCUT2D eigenvalue weighted by atomic mass is 9.98. The maximum absolute atomic E-state index is 13.5. The first-order chi connectivity index (χ1) is 10.1. The monoisotopic (exact) mass is 294 g/mol. The van der Waals surface area contributed by atoms with Gasteiger partial charge in [0.2, 0.25) is 0 Å². The van der Waals surface area contributed by atoms with Crippen molar-refractivity contribution in [3.8, 4) is 5.75 Å². The highest BCUT2D eigenvalue weighted by Gasteiger charge is 2.22. The van der Waals surface area contributed by atoms with Crippen molar-refractivity contribution in [2.24, 2.45) is 0 Å². The van der Waals surface area contributed by atoms with Gasteiger partial charge in [-0.15, -0.1) is 0 Å². The summed E-state index contributed by atoms with van der Waals surface area (Å²) in [5.74, 6) is 0.0541. The van der Waals surface area contributed by atoms with E-state index in [1.807, 2.05) is 12.1 Å². The van der Waals surface area contributed by atoms with Crippen molar-refractivity contribution in [3.05, 3.63) is 29.6 Å². The van der Waals surface area contributed by atoms with E-state index in [0.717, 1.165) is 25.2 Å². The molecule has 0 aromatic heterocycles. The molecule has 1 aromatic carbocycles. The maximum Gasteiger partial charge on any atom is 0.165 e. The van der Waals surface area contributed by atoms with Gasteiger partial charge in [0, 0.05) is 12.6 Å². The van der Waals surface area contributed by atoms with E-state index in [1.165, 1.54) is 38.9 Å². The summed E-state index contributed by atoms with van der Waals surface area (Å²) in [6.45, 7) is 3.14. The number of nitrogens with zero attached hydrogens (tertiary/aromatic N) is 2. The van der Waals surface area contributed by atoms with Gasteiger partial charge in [-0.1, -0.05) is 12.5 Å². The number of benzene rings is 1. The standard InChI is InChI=1S/C17H27FN2O/c1-19(2)11-9-15-6-4-5-10-20(15)13-14-7-8-16(18)17(12-14)21-3/h7-8,12,15H,4-6,9-11,13H2,1-3H3/t15-/m1/s1. The summed E-state index contributed by atoms with van der Waals surface area (Å²) in [6.07, 6.45) is 5.05. The number of hydrogen-bond acceptors (Lipinski definition) is 3. The van der Waals surface area contributed by atoms with Crippen molar-refractivity contribution in [1.29, 1.82) is 0 Å². The van der Waals surface area contributed by atoms with Crippen LogP contribution in [0.15, 0.2) is 18.2 Å². The summed E-state index contributed by atoms with van der Waals surface area (Å²) < 4.78 is 18.6. The molecule has 1 aromatic rings. The quantitative estimate of drug-likeness (QED) is 0.801. The fourth-order valence-electron chi connectivity index (χ4n) is 3.04. The fraction of sp³-hybridized carbons (Fsp3) is 0.647. The Hall–Kier alpha value is -1.13. The topological polar surface area (TPSA) is 15.7 Å². The molecule has 3 nitrogen and oxygen atoms in total. The summed E-state index contributed by atoms with van der Waals surface area (Å²) in [4.78, 5) is 4.79. The molecule has 0 unspecified atom stereocenters. The van der Waals surface area contributed by atoms with Crippen LogP contribution in [0.25, 0.3) is 0 Å². The molecule has 1 heterocycles. The Balaban J connectivity index is 2.01. The third-order valence-corrected chi connectivity index (χ3v) is 4.26. The lowest BCUT2D eigenvalue weighted by Gasteiger charge is -2.36. The van der Waals surface area contributed by atoms with Gasteiger partial charge in [0.05, 0.1) is 7.11 Å². The summed E-state index contributed by atoms with van der Waals surface area (Å²) in [5.41, 5.74) is 1.13. The maximum atomic E-state index is 13.5. The van der Waals surface area contributed by atoms with Crippen LogP contribution in [0.4, 0.5) is 4.39 Å². The lowest BCUT2D eigenvalue weighted by Crippen LogP contribution is -2.40. The molecular weight excluding hydrogens is 267 g/mol. The van der Waals surface area contributed by atoms with Gasteiger partial charge >= 0.3 is 0 Å². The second kappa shape index (κ2) is 7.76. The van der Waals surface area contributed by atoms with E-state index in [2.05, 4.69) is 23.9 Å². The zero-order valence-electron chi connectivity index (χ0n) is 13.4. The SMILES string of the molecule is COc1cc(CN2CCCC[C@@H]2CCN(C)C)ccc1F. The summed E-state index contributed by atoms with van der Waals surface area (Å²) >= 11 is 0. The van der Waals surface area contributed by atoms with Crippen molar-refractivity contribution in [1.82, 2.24) is 9.80 Å². The predicted octanol–water partition coefficient (Wildman–Crippen LogP) is 3.14. The molecule has 118 valence electrons. The van der Waals surface area contributed by atoms with Crippen molar-refractivity contribution >= 4 is 0 Å². The van der Waals surface area contributed by atoms with E-state index in [0.29, 0.717) is 11.8 Å². The van der Waals surface area contributed by atoms with Crippen LogP contribution >= 0.6 is 0 Å². The average Bonchev–Trinajstić information content (AvgIpc) is 2.48. The Labute approximate surface area is 127 Å². The third kappa shape index (κ3) is 4.68. The van der Waals surface area contributed by atoms with Gasteiger partial charge < -0.3 is 9.64 Å². The van der Waals surface area contributed by atoms with Crippen LogP contribution in [0.2, 0.25) is 0 Å². The number of likely N-dealkylation sites (tertiary alicyclic amines) is 1. The van der Waals surface area contributed by atoms with Crippen LogP contribution in [0, 0.1) is 5.82 Å².